The fourth-order valence-electron chi connectivity index (χ4n) is 2.57. The third-order valence-electron chi connectivity index (χ3n) is 3.75. The van der Waals surface area contributed by atoms with Gasteiger partial charge in [0.2, 0.25) is 5.89 Å². The van der Waals surface area contributed by atoms with E-state index >= 15 is 0 Å². The molecule has 0 saturated heterocycles. The van der Waals surface area contributed by atoms with E-state index in [0.29, 0.717) is 24.1 Å². The Morgan fingerprint density at radius 1 is 1.04 bits per heavy atom. The van der Waals surface area contributed by atoms with E-state index in [1.54, 1.807) is 12.1 Å². The molecule has 0 aliphatic heterocycles. The van der Waals surface area contributed by atoms with Gasteiger partial charge in [0.05, 0.1) is 17.2 Å². The predicted molar refractivity (Wildman–Crippen MR) is 94.2 cm³/mol. The lowest BCUT2D eigenvalue weighted by Crippen LogP contribution is -2.10. The second-order valence-electron chi connectivity index (χ2n) is 5.84. The van der Waals surface area contributed by atoms with Crippen LogP contribution in [0.3, 0.4) is 0 Å². The molecule has 0 saturated carbocycles. The summed E-state index contributed by atoms with van der Waals surface area (Å²) in [6.07, 6.45) is 2.59. The summed E-state index contributed by atoms with van der Waals surface area (Å²) in [5.74, 6) is -0.273. The van der Waals surface area contributed by atoms with Crippen molar-refractivity contribution in [3.05, 3.63) is 77.9 Å². The van der Waals surface area contributed by atoms with Gasteiger partial charge in [-0.1, -0.05) is 36.4 Å². The van der Waals surface area contributed by atoms with Crippen LogP contribution in [0.4, 0.5) is 4.39 Å². The van der Waals surface area contributed by atoms with Crippen LogP contribution in [-0.2, 0) is 22.0 Å². The van der Waals surface area contributed by atoms with E-state index in [-0.39, 0.29) is 17.4 Å². The largest absolute Gasteiger partial charge is 0.444 e. The van der Waals surface area contributed by atoms with Crippen LogP contribution >= 0.6 is 0 Å². The van der Waals surface area contributed by atoms with Crippen molar-refractivity contribution in [1.82, 2.24) is 4.98 Å². The highest BCUT2D eigenvalue weighted by Crippen LogP contribution is 2.20. The monoisotopic (exact) mass is 359 g/mol. The first-order valence-corrected chi connectivity index (χ1v) is 9.79. The number of rotatable bonds is 7. The van der Waals surface area contributed by atoms with Gasteiger partial charge < -0.3 is 4.42 Å². The summed E-state index contributed by atoms with van der Waals surface area (Å²) in [5.41, 5.74) is 1.93. The van der Waals surface area contributed by atoms with Crippen molar-refractivity contribution in [2.45, 2.75) is 18.6 Å². The number of sulfone groups is 1. The first-order chi connectivity index (χ1) is 12.0. The molecule has 25 heavy (non-hydrogen) atoms. The summed E-state index contributed by atoms with van der Waals surface area (Å²) in [4.78, 5) is 4.16. The summed E-state index contributed by atoms with van der Waals surface area (Å²) >= 11 is 0. The molecule has 1 heterocycles. The lowest BCUT2D eigenvalue weighted by Gasteiger charge is -2.03. The second-order valence-corrected chi connectivity index (χ2v) is 8.02. The molecule has 0 fully saturated rings. The molecule has 130 valence electrons. The number of halogens is 1. The van der Waals surface area contributed by atoms with Crippen LogP contribution in [0.2, 0.25) is 0 Å². The number of aryl methyl sites for hydroxylation is 1. The minimum absolute atomic E-state index is 0.0874. The van der Waals surface area contributed by atoms with E-state index in [1.165, 1.54) is 18.4 Å². The zero-order chi connectivity index (χ0) is 17.7. The summed E-state index contributed by atoms with van der Waals surface area (Å²) in [5, 5.41) is 0. The fraction of sp³-hybridized carbons (Fsp3) is 0.211. The van der Waals surface area contributed by atoms with Crippen molar-refractivity contribution in [2.24, 2.45) is 0 Å². The number of oxazole rings is 1. The molecule has 0 bridgehead atoms. The fourth-order valence-corrected chi connectivity index (χ4v) is 3.88. The van der Waals surface area contributed by atoms with Crippen LogP contribution in [0.15, 0.2) is 65.3 Å². The van der Waals surface area contributed by atoms with Gasteiger partial charge in [-0.25, -0.2) is 17.8 Å². The molecule has 0 N–H and O–H groups in total. The smallest absolute Gasteiger partial charge is 0.226 e. The molecule has 0 aliphatic rings. The minimum atomic E-state index is -3.28. The normalized spacial score (nSPS) is 11.6. The lowest BCUT2D eigenvalue weighted by atomic mass is 10.1. The SMILES string of the molecule is O=S(=O)(CCCc1ccccc1)Cc1coc(-c2cccc(F)c2)n1. The van der Waals surface area contributed by atoms with Gasteiger partial charge in [0.25, 0.3) is 0 Å². The summed E-state index contributed by atoms with van der Waals surface area (Å²) in [6, 6.07) is 15.6. The zero-order valence-corrected chi connectivity index (χ0v) is 14.4. The second kappa shape index (κ2) is 7.61. The van der Waals surface area contributed by atoms with E-state index in [1.807, 2.05) is 30.3 Å². The van der Waals surface area contributed by atoms with Crippen LogP contribution in [0.5, 0.6) is 0 Å². The van der Waals surface area contributed by atoms with Crippen molar-refractivity contribution in [1.29, 1.82) is 0 Å². The maximum atomic E-state index is 13.2. The molecule has 3 aromatic rings. The summed E-state index contributed by atoms with van der Waals surface area (Å²) in [6.45, 7) is 0. The summed E-state index contributed by atoms with van der Waals surface area (Å²) < 4.78 is 43.0. The molecule has 0 radical (unpaired) electrons. The highest BCUT2D eigenvalue weighted by Gasteiger charge is 2.16. The highest BCUT2D eigenvalue weighted by molar-refractivity contribution is 7.90. The average molecular weight is 359 g/mol. The molecular weight excluding hydrogens is 341 g/mol. The minimum Gasteiger partial charge on any atom is -0.444 e. The van der Waals surface area contributed by atoms with Crippen LogP contribution < -0.4 is 0 Å². The number of aromatic nitrogens is 1. The van der Waals surface area contributed by atoms with Gasteiger partial charge in [0.15, 0.2) is 9.84 Å². The van der Waals surface area contributed by atoms with E-state index in [4.69, 9.17) is 4.42 Å². The van der Waals surface area contributed by atoms with E-state index < -0.39 is 15.7 Å². The van der Waals surface area contributed by atoms with Crippen molar-refractivity contribution in [3.8, 4) is 11.5 Å². The first kappa shape index (κ1) is 17.4. The maximum Gasteiger partial charge on any atom is 0.226 e. The van der Waals surface area contributed by atoms with Crippen molar-refractivity contribution in [3.63, 3.8) is 0 Å². The average Bonchev–Trinajstić information content (AvgIpc) is 3.03. The van der Waals surface area contributed by atoms with E-state index in [2.05, 4.69) is 4.98 Å². The number of nitrogens with zero attached hydrogens (tertiary/aromatic N) is 1. The Morgan fingerprint density at radius 2 is 1.84 bits per heavy atom. The predicted octanol–water partition coefficient (Wildman–Crippen LogP) is 4.03. The molecule has 0 atom stereocenters. The highest BCUT2D eigenvalue weighted by atomic mass is 32.2. The van der Waals surface area contributed by atoms with Gasteiger partial charge in [-0.2, -0.15) is 0 Å². The molecule has 0 amide bonds. The Hall–Kier alpha value is -2.47. The van der Waals surface area contributed by atoms with Crippen molar-refractivity contribution < 1.29 is 17.2 Å². The Kier molecular flexibility index (Phi) is 5.28. The van der Waals surface area contributed by atoms with Gasteiger partial charge in [0, 0.05) is 5.56 Å². The van der Waals surface area contributed by atoms with Gasteiger partial charge in [-0.3, -0.25) is 0 Å². The molecular formula is C19H18FNO3S. The molecule has 0 spiro atoms. The molecule has 0 unspecified atom stereocenters. The third kappa shape index (κ3) is 5.00. The molecule has 6 heteroatoms. The molecule has 0 aliphatic carbocycles. The maximum absolute atomic E-state index is 13.2. The Bertz CT molecular complexity index is 936. The lowest BCUT2D eigenvalue weighted by molar-refractivity contribution is 0.570. The van der Waals surface area contributed by atoms with Gasteiger partial charge in [-0.15, -0.1) is 0 Å². The molecule has 2 aromatic carbocycles. The van der Waals surface area contributed by atoms with Crippen LogP contribution in [-0.4, -0.2) is 19.2 Å². The van der Waals surface area contributed by atoms with E-state index in [0.717, 1.165) is 5.56 Å². The topological polar surface area (TPSA) is 60.2 Å². The number of hydrogen-bond donors (Lipinski definition) is 0. The summed E-state index contributed by atoms with van der Waals surface area (Å²) in [7, 11) is -3.28. The Labute approximate surface area is 146 Å². The van der Waals surface area contributed by atoms with Crippen LogP contribution in [0, 0.1) is 5.82 Å². The molecule has 3 rings (SSSR count). The zero-order valence-electron chi connectivity index (χ0n) is 13.6. The third-order valence-corrected chi connectivity index (χ3v) is 5.40. The van der Waals surface area contributed by atoms with Crippen molar-refractivity contribution >= 4 is 9.84 Å². The van der Waals surface area contributed by atoms with Crippen LogP contribution in [0.25, 0.3) is 11.5 Å². The standard InChI is InChI=1S/C19H18FNO3S/c20-17-10-4-9-16(12-17)19-21-18(13-24-19)14-25(22,23)11-5-8-15-6-2-1-3-7-15/h1-4,6-7,9-10,12-13H,5,8,11,14H2. The Morgan fingerprint density at radius 3 is 2.60 bits per heavy atom. The first-order valence-electron chi connectivity index (χ1n) is 7.96. The quantitative estimate of drug-likeness (QED) is 0.639. The number of hydrogen-bond acceptors (Lipinski definition) is 4. The molecule has 1 aromatic heterocycles. The number of benzene rings is 2. The molecule has 4 nitrogen and oxygen atoms in total. The van der Waals surface area contributed by atoms with Crippen molar-refractivity contribution in [2.75, 3.05) is 5.75 Å². The van der Waals surface area contributed by atoms with Crippen LogP contribution in [0.1, 0.15) is 17.7 Å². The van der Waals surface area contributed by atoms with Gasteiger partial charge >= 0.3 is 0 Å². The van der Waals surface area contributed by atoms with Gasteiger partial charge in [0.1, 0.15) is 12.1 Å². The van der Waals surface area contributed by atoms with E-state index in [9.17, 15) is 12.8 Å². The Balaban J connectivity index is 1.59. The van der Waals surface area contributed by atoms with Gasteiger partial charge in [-0.05, 0) is 36.6 Å².